The Labute approximate surface area is 143 Å². The van der Waals surface area contributed by atoms with E-state index >= 15 is 0 Å². The highest BCUT2D eigenvalue weighted by molar-refractivity contribution is 5.73. The second kappa shape index (κ2) is 9.45. The number of ether oxygens (including phenoxy) is 2. The van der Waals surface area contributed by atoms with Crippen molar-refractivity contribution in [3.63, 3.8) is 0 Å². The predicted molar refractivity (Wildman–Crippen MR) is 94.5 cm³/mol. The van der Waals surface area contributed by atoms with Gasteiger partial charge < -0.3 is 20.1 Å². The number of carbonyl (C=O) groups excluding carboxylic acids is 1. The van der Waals surface area contributed by atoms with Crippen molar-refractivity contribution < 1.29 is 14.3 Å². The lowest BCUT2D eigenvalue weighted by molar-refractivity contribution is 0.240. The minimum absolute atomic E-state index is 0.174. The zero-order valence-corrected chi connectivity index (χ0v) is 14.2. The van der Waals surface area contributed by atoms with Crippen molar-refractivity contribution in [2.24, 2.45) is 0 Å². The Bertz CT molecular complexity index is 641. The highest BCUT2D eigenvalue weighted by Gasteiger charge is 2.02. The van der Waals surface area contributed by atoms with Crippen LogP contribution >= 0.6 is 0 Å². The zero-order valence-electron chi connectivity index (χ0n) is 14.2. The third-order valence-corrected chi connectivity index (χ3v) is 3.52. The molecule has 128 valence electrons. The van der Waals surface area contributed by atoms with E-state index in [0.29, 0.717) is 19.7 Å². The molecule has 0 heterocycles. The maximum absolute atomic E-state index is 11.8. The van der Waals surface area contributed by atoms with Gasteiger partial charge in [0.2, 0.25) is 0 Å². The van der Waals surface area contributed by atoms with Crippen LogP contribution in [-0.4, -0.2) is 26.3 Å². The van der Waals surface area contributed by atoms with E-state index in [4.69, 9.17) is 9.47 Å². The van der Waals surface area contributed by atoms with Gasteiger partial charge in [0.15, 0.2) is 0 Å². The monoisotopic (exact) mass is 328 g/mol. The molecular formula is C19H24N2O3. The predicted octanol–water partition coefficient (Wildman–Crippen LogP) is 3.14. The number of hydrogen-bond donors (Lipinski definition) is 2. The first-order valence-corrected chi connectivity index (χ1v) is 8.07. The topological polar surface area (TPSA) is 59.6 Å². The van der Waals surface area contributed by atoms with Crippen LogP contribution in [0, 0.1) is 0 Å². The van der Waals surface area contributed by atoms with Gasteiger partial charge in [-0.1, -0.05) is 24.3 Å². The van der Waals surface area contributed by atoms with Crippen molar-refractivity contribution in [3.8, 4) is 11.5 Å². The minimum atomic E-state index is -0.174. The second-order valence-electron chi connectivity index (χ2n) is 5.29. The van der Waals surface area contributed by atoms with E-state index in [1.807, 2.05) is 55.5 Å². The Morgan fingerprint density at radius 2 is 1.79 bits per heavy atom. The van der Waals surface area contributed by atoms with Gasteiger partial charge in [0.05, 0.1) is 13.7 Å². The van der Waals surface area contributed by atoms with E-state index in [1.54, 1.807) is 7.11 Å². The first-order valence-electron chi connectivity index (χ1n) is 8.07. The Balaban J connectivity index is 1.69. The number of amides is 2. The Morgan fingerprint density at radius 3 is 2.50 bits per heavy atom. The number of carbonyl (C=O) groups is 1. The van der Waals surface area contributed by atoms with Gasteiger partial charge in [-0.05, 0) is 48.7 Å². The summed E-state index contributed by atoms with van der Waals surface area (Å²) in [5.41, 5.74) is 2.16. The Hall–Kier alpha value is -2.69. The van der Waals surface area contributed by atoms with Crippen LogP contribution in [0.5, 0.6) is 11.5 Å². The molecule has 2 rings (SSSR count). The molecule has 0 spiro atoms. The van der Waals surface area contributed by atoms with E-state index < -0.39 is 0 Å². The first-order chi connectivity index (χ1) is 11.7. The Morgan fingerprint density at radius 1 is 1.00 bits per heavy atom. The van der Waals surface area contributed by atoms with Gasteiger partial charge in [-0.3, -0.25) is 0 Å². The van der Waals surface area contributed by atoms with Crippen LogP contribution in [0.4, 0.5) is 4.79 Å². The third-order valence-electron chi connectivity index (χ3n) is 3.52. The van der Waals surface area contributed by atoms with Crippen molar-refractivity contribution in [3.05, 3.63) is 59.7 Å². The van der Waals surface area contributed by atoms with E-state index in [-0.39, 0.29) is 6.03 Å². The number of methoxy groups -OCH3 is 1. The normalized spacial score (nSPS) is 10.1. The smallest absolute Gasteiger partial charge is 0.315 e. The summed E-state index contributed by atoms with van der Waals surface area (Å²) in [7, 11) is 1.64. The summed E-state index contributed by atoms with van der Waals surface area (Å²) >= 11 is 0. The minimum Gasteiger partial charge on any atom is -0.497 e. The van der Waals surface area contributed by atoms with Gasteiger partial charge in [-0.25, -0.2) is 4.79 Å². The summed E-state index contributed by atoms with van der Waals surface area (Å²) in [5, 5.41) is 5.70. The van der Waals surface area contributed by atoms with Gasteiger partial charge in [-0.2, -0.15) is 0 Å². The molecule has 0 radical (unpaired) electrons. The lowest BCUT2D eigenvalue weighted by Crippen LogP contribution is -2.36. The molecule has 0 saturated carbocycles. The number of urea groups is 1. The molecule has 0 fully saturated rings. The average Bonchev–Trinajstić information content (AvgIpc) is 2.61. The molecule has 0 bridgehead atoms. The van der Waals surface area contributed by atoms with Crippen LogP contribution in [0.25, 0.3) is 0 Å². The molecule has 0 aliphatic carbocycles. The maximum Gasteiger partial charge on any atom is 0.315 e. The molecule has 0 atom stereocenters. The zero-order chi connectivity index (χ0) is 17.2. The second-order valence-corrected chi connectivity index (χ2v) is 5.29. The lowest BCUT2D eigenvalue weighted by atomic mass is 10.1. The van der Waals surface area contributed by atoms with E-state index in [0.717, 1.165) is 29.0 Å². The summed E-state index contributed by atoms with van der Waals surface area (Å²) in [6.07, 6.45) is 0.758. The van der Waals surface area contributed by atoms with Crippen LogP contribution in [0.1, 0.15) is 18.1 Å². The standard InChI is InChI=1S/C19H24N2O3/c1-3-24-17-9-7-16(8-10-17)14-21-19(22)20-12-11-15-5-4-6-18(13-15)23-2/h4-10,13H,3,11-12,14H2,1-2H3,(H2,20,21,22). The highest BCUT2D eigenvalue weighted by Crippen LogP contribution is 2.13. The molecule has 2 aromatic rings. The fourth-order valence-corrected chi connectivity index (χ4v) is 2.26. The van der Waals surface area contributed by atoms with E-state index in [9.17, 15) is 4.79 Å². The van der Waals surface area contributed by atoms with Crippen LogP contribution in [0.3, 0.4) is 0 Å². The summed E-state index contributed by atoms with van der Waals surface area (Å²) in [4.78, 5) is 11.8. The molecule has 0 unspecified atom stereocenters. The molecule has 24 heavy (non-hydrogen) atoms. The fourth-order valence-electron chi connectivity index (χ4n) is 2.26. The molecule has 0 aromatic heterocycles. The van der Waals surface area contributed by atoms with Crippen LogP contribution in [-0.2, 0) is 13.0 Å². The van der Waals surface area contributed by atoms with E-state index in [1.165, 1.54) is 0 Å². The van der Waals surface area contributed by atoms with Gasteiger partial charge in [0, 0.05) is 13.1 Å². The molecule has 2 aromatic carbocycles. The molecule has 0 aliphatic heterocycles. The maximum atomic E-state index is 11.8. The summed E-state index contributed by atoms with van der Waals surface area (Å²) in [5.74, 6) is 1.66. The van der Waals surface area contributed by atoms with Crippen molar-refractivity contribution in [2.75, 3.05) is 20.3 Å². The number of hydrogen-bond acceptors (Lipinski definition) is 3. The van der Waals surface area contributed by atoms with Gasteiger partial charge in [0.25, 0.3) is 0 Å². The van der Waals surface area contributed by atoms with Gasteiger partial charge in [0.1, 0.15) is 11.5 Å². The van der Waals surface area contributed by atoms with Crippen molar-refractivity contribution in [2.45, 2.75) is 19.9 Å². The molecule has 2 N–H and O–H groups in total. The van der Waals surface area contributed by atoms with Crippen LogP contribution < -0.4 is 20.1 Å². The molecular weight excluding hydrogens is 304 g/mol. The van der Waals surface area contributed by atoms with Crippen molar-refractivity contribution >= 4 is 6.03 Å². The fraction of sp³-hybridized carbons (Fsp3) is 0.316. The number of nitrogens with one attached hydrogen (secondary N) is 2. The summed E-state index contributed by atoms with van der Waals surface area (Å²) in [6.45, 7) is 3.65. The van der Waals surface area contributed by atoms with Gasteiger partial charge >= 0.3 is 6.03 Å². The largest absolute Gasteiger partial charge is 0.497 e. The highest BCUT2D eigenvalue weighted by atomic mass is 16.5. The summed E-state index contributed by atoms with van der Waals surface area (Å²) < 4.78 is 10.6. The third kappa shape index (κ3) is 5.83. The number of benzene rings is 2. The molecule has 5 nitrogen and oxygen atoms in total. The molecule has 0 saturated heterocycles. The van der Waals surface area contributed by atoms with Crippen LogP contribution in [0.15, 0.2) is 48.5 Å². The number of rotatable bonds is 8. The lowest BCUT2D eigenvalue weighted by Gasteiger charge is -2.09. The average molecular weight is 328 g/mol. The van der Waals surface area contributed by atoms with E-state index in [2.05, 4.69) is 10.6 Å². The molecule has 5 heteroatoms. The first kappa shape index (κ1) is 17.7. The molecule has 0 aliphatic rings. The SMILES string of the molecule is CCOc1ccc(CNC(=O)NCCc2cccc(OC)c2)cc1. The summed E-state index contributed by atoms with van der Waals surface area (Å²) in [6, 6.07) is 15.4. The quantitative estimate of drug-likeness (QED) is 0.783. The van der Waals surface area contributed by atoms with Crippen molar-refractivity contribution in [1.82, 2.24) is 10.6 Å². The molecule has 2 amide bonds. The van der Waals surface area contributed by atoms with Gasteiger partial charge in [-0.15, -0.1) is 0 Å². The van der Waals surface area contributed by atoms with Crippen molar-refractivity contribution in [1.29, 1.82) is 0 Å². The Kier molecular flexibility index (Phi) is 6.95. The van der Waals surface area contributed by atoms with Crippen LogP contribution in [0.2, 0.25) is 0 Å².